The molecular formula is C106H126Cl8N30O3. The summed E-state index contributed by atoms with van der Waals surface area (Å²) in [5, 5.41) is 74.0. The number of piperidine rings is 4. The molecule has 8 atom stereocenters. The molecule has 4 aromatic carbocycles. The molecule has 8 aromatic heterocycles. The van der Waals surface area contributed by atoms with Crippen LogP contribution in [0.2, 0.25) is 40.2 Å². The van der Waals surface area contributed by atoms with Gasteiger partial charge in [-0.25, -0.2) is 58.6 Å². The van der Waals surface area contributed by atoms with Gasteiger partial charge in [0.25, 0.3) is 0 Å². The summed E-state index contributed by atoms with van der Waals surface area (Å²) in [6.45, 7) is 34.4. The van der Waals surface area contributed by atoms with Gasteiger partial charge in [0.05, 0.1) is 54.6 Å². The van der Waals surface area contributed by atoms with Crippen LogP contribution >= 0.6 is 92.8 Å². The van der Waals surface area contributed by atoms with Crippen molar-refractivity contribution in [2.24, 2.45) is 47.3 Å². The van der Waals surface area contributed by atoms with Crippen LogP contribution in [0.5, 0.6) is 0 Å². The molecule has 0 spiro atoms. The topological polar surface area (TPSA) is 365 Å². The predicted molar refractivity (Wildman–Crippen MR) is 579 cm³/mol. The zero-order chi connectivity index (χ0) is 104. The number of benzene rings is 4. The van der Waals surface area contributed by atoms with E-state index in [0.29, 0.717) is 146 Å². The highest BCUT2D eigenvalue weighted by Crippen LogP contribution is 2.43. The Bertz CT molecular complexity index is 6910. The second-order valence-electron chi connectivity index (χ2n) is 41.5. The molecule has 8 fully saturated rings. The number of β-amino-alcohol motifs (C(OH)–C–C–N with tert-alkyl or cyclic N) is 1. The third-order valence-electron chi connectivity index (χ3n) is 30.5. The number of halogens is 8. The number of nitrogens with one attached hydrogen (secondary N) is 1. The van der Waals surface area contributed by atoms with Crippen molar-refractivity contribution < 1.29 is 14.7 Å². The molecule has 0 radical (unpaired) electrons. The van der Waals surface area contributed by atoms with Crippen LogP contribution < -0.4 is 24.9 Å². The number of hydrogen-bond donors (Lipinski definition) is 2. The lowest BCUT2D eigenvalue weighted by atomic mass is 9.80. The first-order chi connectivity index (χ1) is 70.7. The summed E-state index contributed by atoms with van der Waals surface area (Å²) in [5.74, 6) is 8.74. The zero-order valence-corrected chi connectivity index (χ0v) is 90.8. The fourth-order valence-corrected chi connectivity index (χ4v) is 24.5. The Balaban J connectivity index is 0.000000134. The SMILES string of the molecule is CC(c1ccc(Cl)cc1Cl)n1nc(C#N)c2ncc(N3CC(C4CCCN(CC(C)(C)O)C4)C3)nc21.CC(c1ccc(Cl)cc1Cl)n1nc(C#N)c2ncc(N3CC(C4CCCN(CCCC(=O)N(C)C)C4)C3)nc21.CCCN1CCCC(C2CN(c3cnc4c(C#N)nn(C(C)c5ccc(Cl)cc5Cl)c4n3)C2)C1.CNC(=O)CCCN1CCCC(C2CN(c3cnc4c(C#N)nn(C(C)c5ccc(Cl)cc5Cl)c4n3)C2)C1. The number of anilines is 4. The average molecular weight is 2150 g/mol. The second kappa shape index (κ2) is 47.7. The van der Waals surface area contributed by atoms with E-state index in [9.17, 15) is 35.7 Å². The lowest BCUT2D eigenvalue weighted by Crippen LogP contribution is -2.54. The van der Waals surface area contributed by atoms with Crippen LogP contribution in [0.25, 0.3) is 44.7 Å². The summed E-state index contributed by atoms with van der Waals surface area (Å²) in [5.41, 5.74) is 8.04. The van der Waals surface area contributed by atoms with Gasteiger partial charge in [-0.2, -0.15) is 41.4 Å². The molecule has 147 heavy (non-hydrogen) atoms. The van der Waals surface area contributed by atoms with Crippen molar-refractivity contribution in [3.8, 4) is 24.3 Å². The number of fused-ring (bicyclic) bond motifs is 4. The molecular weight excluding hydrogens is 2020 g/mol. The van der Waals surface area contributed by atoms with Crippen molar-refractivity contribution in [3.05, 3.63) is 183 Å². The van der Waals surface area contributed by atoms with Gasteiger partial charge in [-0.1, -0.05) is 124 Å². The van der Waals surface area contributed by atoms with E-state index in [1.54, 1.807) is 104 Å². The molecule has 41 heteroatoms. The van der Waals surface area contributed by atoms with E-state index in [2.05, 4.69) is 116 Å². The number of aliphatic hydroxyl groups is 1. The normalized spacial score (nSPS) is 19.7. The van der Waals surface area contributed by atoms with Crippen LogP contribution in [0.3, 0.4) is 0 Å². The summed E-state index contributed by atoms with van der Waals surface area (Å²) in [4.78, 5) is 82.2. The van der Waals surface area contributed by atoms with Crippen molar-refractivity contribution in [2.45, 2.75) is 162 Å². The van der Waals surface area contributed by atoms with Crippen molar-refractivity contribution in [1.82, 2.24) is 109 Å². The quantitative estimate of drug-likeness (QED) is 0.0460. The first kappa shape index (κ1) is 108. The standard InChI is InChI=1S/C28H34Cl2N8O.C27H32Cl2N8O.C26H31Cl2N7O.C25H29Cl2N7/c1-18(22-9-8-21(29)12-23(22)30)38-28-27(24(13-31)34-38)32-14-25(33-28)37-16-20(17-37)19-6-4-10-36(15-19)11-5-7-26(39)35(2)3;1-17(21-8-7-20(28)11-22(21)29)37-27-26(23(12-30)34-37)32-13-24(33-27)36-15-19(16-36)18-5-3-9-35(14-18)10-4-6-25(38)31-2;1-16(20-7-6-19(27)9-21(20)28)35-25-24(22(10-29)32-35)30-11-23(31-25)34-13-18(14-34)17-5-4-8-33(12-17)15-26(2,3)36;1-3-8-32-9-4-5-17(13-32)18-14-33(15-18)23-12-29-24-22(11-28)31-34(25(24)30-23)16(2)20-7-6-19(26)10-21(20)27/h8-9,12,14,18-20H,4-7,10-11,15-17H2,1-3H3;7-8,11,13,17-19H,3-6,9-10,14-16H2,1-2H3,(H,31,38);6-7,9,11,16-18,36H,4-5,8,12-15H2,1-3H3;6-7,10,12,16-18H,3-5,8-9,13-15H2,1-2H3. The number of likely N-dealkylation sites (tertiary alicyclic amines) is 4. The number of nitrogens with zero attached hydrogens (tertiary/aromatic N) is 29. The Hall–Kier alpha value is -10.7. The van der Waals surface area contributed by atoms with Gasteiger partial charge in [-0.15, -0.1) is 0 Å². The minimum Gasteiger partial charge on any atom is -0.389 e. The Morgan fingerprint density at radius 2 is 0.673 bits per heavy atom. The number of nitriles is 4. The highest BCUT2D eigenvalue weighted by atomic mass is 35.5. The molecule has 33 nitrogen and oxygen atoms in total. The third kappa shape index (κ3) is 24.8. The Morgan fingerprint density at radius 1 is 0.408 bits per heavy atom. The molecule has 774 valence electrons. The number of hydrogen-bond acceptors (Lipinski definition) is 27. The molecule has 2 N–H and O–H groups in total. The summed E-state index contributed by atoms with van der Waals surface area (Å²) >= 11 is 50.2. The molecule has 8 aliphatic rings. The van der Waals surface area contributed by atoms with Gasteiger partial charge < -0.3 is 54.5 Å². The number of aromatic nitrogens is 16. The van der Waals surface area contributed by atoms with E-state index in [4.69, 9.17) is 113 Å². The maximum Gasteiger partial charge on any atom is 0.222 e. The molecule has 8 aliphatic heterocycles. The summed E-state index contributed by atoms with van der Waals surface area (Å²) < 4.78 is 6.94. The lowest BCUT2D eigenvalue weighted by Gasteiger charge is -2.47. The average Bonchev–Trinajstić information content (AvgIpc) is 1.64. The maximum absolute atomic E-state index is 11.9. The van der Waals surface area contributed by atoms with Crippen molar-refractivity contribution >= 4 is 173 Å². The highest BCUT2D eigenvalue weighted by molar-refractivity contribution is 6.37. The Labute approximate surface area is 898 Å². The van der Waals surface area contributed by atoms with Gasteiger partial charge in [-0.05, 0) is 276 Å². The first-order valence-electron chi connectivity index (χ1n) is 51.2. The van der Waals surface area contributed by atoms with Crippen LogP contribution in [0.15, 0.2) is 97.6 Å². The molecule has 0 saturated carbocycles. The van der Waals surface area contributed by atoms with Crippen LogP contribution in [0.4, 0.5) is 23.3 Å². The van der Waals surface area contributed by atoms with Crippen LogP contribution in [-0.4, -0.2) is 278 Å². The van der Waals surface area contributed by atoms with Crippen LogP contribution in [0, 0.1) is 92.7 Å². The maximum atomic E-state index is 11.9. The Morgan fingerprint density at radius 3 is 0.925 bits per heavy atom. The number of rotatable bonds is 28. The van der Waals surface area contributed by atoms with Crippen LogP contribution in [-0.2, 0) is 9.59 Å². The number of carbonyl (C=O) groups is 2. The Kier molecular flexibility index (Phi) is 34.9. The van der Waals surface area contributed by atoms with Gasteiger partial charge in [0.2, 0.25) is 11.8 Å². The summed E-state index contributed by atoms with van der Waals surface area (Å²) in [7, 11) is 5.32. The zero-order valence-electron chi connectivity index (χ0n) is 84.8. The largest absolute Gasteiger partial charge is 0.389 e. The van der Waals surface area contributed by atoms with Gasteiger partial charge in [-0.3, -0.25) is 9.59 Å². The molecule has 8 unspecified atom stereocenters. The summed E-state index contributed by atoms with van der Waals surface area (Å²) in [6.07, 6.45) is 21.2. The lowest BCUT2D eigenvalue weighted by molar-refractivity contribution is -0.128. The first-order valence-corrected chi connectivity index (χ1v) is 54.2. The molecule has 8 saturated heterocycles. The molecule has 20 rings (SSSR count). The molecule has 12 aromatic rings. The molecule has 16 heterocycles. The van der Waals surface area contributed by atoms with Crippen molar-refractivity contribution in [1.29, 1.82) is 21.0 Å². The van der Waals surface area contributed by atoms with Gasteiger partial charge >= 0.3 is 0 Å². The van der Waals surface area contributed by atoms with E-state index in [1.165, 1.54) is 77.4 Å². The fraction of sp³-hybridized carbons (Fsp3) is 0.528. The predicted octanol–water partition coefficient (Wildman–Crippen LogP) is 18.6. The highest BCUT2D eigenvalue weighted by Gasteiger charge is 2.43. The van der Waals surface area contributed by atoms with Crippen molar-refractivity contribution in [2.75, 3.05) is 172 Å². The molecule has 2 amide bonds. The van der Waals surface area contributed by atoms with Crippen molar-refractivity contribution in [3.63, 3.8) is 0 Å². The monoisotopic (exact) mass is 2150 g/mol. The van der Waals surface area contributed by atoms with Gasteiger partial charge in [0, 0.05) is 159 Å². The second-order valence-corrected chi connectivity index (χ2v) is 44.9. The fourth-order valence-electron chi connectivity index (χ4n) is 22.3. The minimum absolute atomic E-state index is 0.111. The van der Waals surface area contributed by atoms with Gasteiger partial charge in [0.1, 0.15) is 69.6 Å². The minimum atomic E-state index is -0.669. The van der Waals surface area contributed by atoms with E-state index in [0.717, 1.165) is 169 Å². The smallest absolute Gasteiger partial charge is 0.222 e. The summed E-state index contributed by atoms with van der Waals surface area (Å²) in [6, 6.07) is 29.1. The van der Waals surface area contributed by atoms with E-state index < -0.39 is 5.60 Å². The van der Waals surface area contributed by atoms with Crippen LogP contribution in [0.1, 0.15) is 201 Å². The third-order valence-corrected chi connectivity index (χ3v) is 32.8. The van der Waals surface area contributed by atoms with E-state index >= 15 is 0 Å². The molecule has 0 bridgehead atoms. The van der Waals surface area contributed by atoms with E-state index in [1.807, 2.05) is 79.9 Å². The molecule has 0 aliphatic carbocycles. The van der Waals surface area contributed by atoms with Gasteiger partial charge in [0.15, 0.2) is 45.4 Å². The number of carbonyl (C=O) groups excluding carboxylic acids is 2. The number of amides is 2. The van der Waals surface area contributed by atoms with E-state index in [-0.39, 0.29) is 58.8 Å².